The van der Waals surface area contributed by atoms with Crippen LogP contribution in [0, 0.1) is 0 Å². The first-order chi connectivity index (χ1) is 8.81. The predicted octanol–water partition coefficient (Wildman–Crippen LogP) is 2.53. The Morgan fingerprint density at radius 1 is 1.44 bits per heavy atom. The highest BCUT2D eigenvalue weighted by molar-refractivity contribution is 7.98. The van der Waals surface area contributed by atoms with E-state index in [-0.39, 0.29) is 5.91 Å². The van der Waals surface area contributed by atoms with Gasteiger partial charge in [-0.15, -0.1) is 0 Å². The van der Waals surface area contributed by atoms with Gasteiger partial charge in [0.05, 0.1) is 0 Å². The molecule has 0 atom stereocenters. The summed E-state index contributed by atoms with van der Waals surface area (Å²) in [4.78, 5) is 11.9. The number of unbranched alkanes of at least 4 members (excludes halogenated alkanes) is 1. The first kappa shape index (κ1) is 13.3. The van der Waals surface area contributed by atoms with Crippen molar-refractivity contribution in [3.8, 4) is 0 Å². The highest BCUT2D eigenvalue weighted by atomic mass is 32.2. The van der Waals surface area contributed by atoms with E-state index in [0.29, 0.717) is 0 Å². The molecule has 98 valence electrons. The molecule has 2 rings (SSSR count). The monoisotopic (exact) mass is 264 g/mol. The first-order valence-electron chi connectivity index (χ1n) is 6.45. The maximum atomic E-state index is 11.9. The minimum atomic E-state index is 0.0376. The topological polar surface area (TPSA) is 41.1 Å². The lowest BCUT2D eigenvalue weighted by atomic mass is 10.1. The smallest absolute Gasteiger partial charge is 0.251 e. The summed E-state index contributed by atoms with van der Waals surface area (Å²) < 4.78 is 0. The number of carbonyl (C=O) groups is 1. The second-order valence-corrected chi connectivity index (χ2v) is 5.49. The average Bonchev–Trinajstić information content (AvgIpc) is 2.85. The molecular weight excluding hydrogens is 244 g/mol. The zero-order valence-electron chi connectivity index (χ0n) is 10.8. The van der Waals surface area contributed by atoms with Gasteiger partial charge >= 0.3 is 0 Å². The molecule has 0 aromatic heterocycles. The van der Waals surface area contributed by atoms with Crippen molar-refractivity contribution in [3.05, 3.63) is 29.3 Å². The molecule has 0 bridgehead atoms. The summed E-state index contributed by atoms with van der Waals surface area (Å²) in [7, 11) is 0. The number of nitrogens with one attached hydrogen (secondary N) is 2. The second-order valence-electron chi connectivity index (χ2n) is 4.50. The molecule has 3 nitrogen and oxygen atoms in total. The Hall–Kier alpha value is -1.16. The van der Waals surface area contributed by atoms with Gasteiger partial charge in [0.15, 0.2) is 0 Å². The Labute approximate surface area is 113 Å². The maximum Gasteiger partial charge on any atom is 0.251 e. The third kappa shape index (κ3) is 3.42. The fraction of sp³-hybridized carbons (Fsp3) is 0.500. The van der Waals surface area contributed by atoms with Crippen molar-refractivity contribution in [2.75, 3.05) is 30.4 Å². The van der Waals surface area contributed by atoms with Crippen molar-refractivity contribution in [3.63, 3.8) is 0 Å². The van der Waals surface area contributed by atoms with Crippen LogP contribution in [0.3, 0.4) is 0 Å². The summed E-state index contributed by atoms with van der Waals surface area (Å²) in [5.74, 6) is 1.20. The quantitative estimate of drug-likeness (QED) is 0.776. The molecule has 1 aromatic carbocycles. The molecule has 0 aliphatic carbocycles. The standard InChI is InChI=1S/C14H20N2OS/c1-18-9-3-2-7-16-14(17)12-5-4-11-6-8-15-13(11)10-12/h4-5,10,15H,2-3,6-9H2,1H3,(H,16,17). The van der Waals surface area contributed by atoms with E-state index in [1.807, 2.05) is 23.9 Å². The van der Waals surface area contributed by atoms with Gasteiger partial charge in [-0.25, -0.2) is 0 Å². The van der Waals surface area contributed by atoms with Crippen LogP contribution >= 0.6 is 11.8 Å². The minimum Gasteiger partial charge on any atom is -0.384 e. The fourth-order valence-electron chi connectivity index (χ4n) is 2.11. The molecule has 0 unspecified atom stereocenters. The van der Waals surface area contributed by atoms with E-state index in [9.17, 15) is 4.79 Å². The van der Waals surface area contributed by atoms with Crippen molar-refractivity contribution in [1.82, 2.24) is 5.32 Å². The highest BCUT2D eigenvalue weighted by Crippen LogP contribution is 2.23. The number of carbonyl (C=O) groups excluding carboxylic acids is 1. The third-order valence-corrected chi connectivity index (χ3v) is 3.84. The third-order valence-electron chi connectivity index (χ3n) is 3.14. The number of fused-ring (bicyclic) bond motifs is 1. The van der Waals surface area contributed by atoms with Crippen LogP contribution in [0.5, 0.6) is 0 Å². The summed E-state index contributed by atoms with van der Waals surface area (Å²) in [6.45, 7) is 1.75. The van der Waals surface area contributed by atoms with Gasteiger partial charge in [0.25, 0.3) is 5.91 Å². The van der Waals surface area contributed by atoms with Crippen molar-refractivity contribution in [2.24, 2.45) is 0 Å². The van der Waals surface area contributed by atoms with Gasteiger partial charge in [-0.1, -0.05) is 6.07 Å². The minimum absolute atomic E-state index is 0.0376. The predicted molar refractivity (Wildman–Crippen MR) is 78.6 cm³/mol. The van der Waals surface area contributed by atoms with Crippen LogP contribution in [0.1, 0.15) is 28.8 Å². The van der Waals surface area contributed by atoms with Crippen molar-refractivity contribution < 1.29 is 4.79 Å². The molecular formula is C14H20N2OS. The molecule has 0 radical (unpaired) electrons. The first-order valence-corrected chi connectivity index (χ1v) is 7.84. The van der Waals surface area contributed by atoms with E-state index >= 15 is 0 Å². The number of benzene rings is 1. The van der Waals surface area contributed by atoms with Gasteiger partial charge < -0.3 is 10.6 Å². The number of anilines is 1. The van der Waals surface area contributed by atoms with Crippen LogP contribution < -0.4 is 10.6 Å². The summed E-state index contributed by atoms with van der Waals surface area (Å²) >= 11 is 1.85. The van der Waals surface area contributed by atoms with Crippen LogP contribution in [0.15, 0.2) is 18.2 Å². The van der Waals surface area contributed by atoms with Gasteiger partial charge in [-0.05, 0) is 49.0 Å². The summed E-state index contributed by atoms with van der Waals surface area (Å²) in [5, 5.41) is 6.27. The van der Waals surface area contributed by atoms with E-state index in [2.05, 4.69) is 23.0 Å². The molecule has 1 heterocycles. The number of hydrogen-bond acceptors (Lipinski definition) is 3. The Bertz CT molecular complexity index is 420. The van der Waals surface area contributed by atoms with Gasteiger partial charge in [-0.3, -0.25) is 4.79 Å². The Morgan fingerprint density at radius 2 is 2.33 bits per heavy atom. The maximum absolute atomic E-state index is 11.9. The summed E-state index contributed by atoms with van der Waals surface area (Å²) in [6.07, 6.45) is 5.38. The van der Waals surface area contributed by atoms with E-state index in [0.717, 1.165) is 43.6 Å². The van der Waals surface area contributed by atoms with Crippen LogP contribution in [0.4, 0.5) is 5.69 Å². The fourth-order valence-corrected chi connectivity index (χ4v) is 2.60. The van der Waals surface area contributed by atoms with Gasteiger partial charge in [0, 0.05) is 24.3 Å². The average molecular weight is 264 g/mol. The molecule has 2 N–H and O–H groups in total. The lowest BCUT2D eigenvalue weighted by Crippen LogP contribution is -2.24. The van der Waals surface area contributed by atoms with Crippen molar-refractivity contribution >= 4 is 23.4 Å². The zero-order valence-corrected chi connectivity index (χ0v) is 11.6. The molecule has 0 saturated heterocycles. The number of rotatable bonds is 6. The molecule has 0 fully saturated rings. The van der Waals surface area contributed by atoms with Crippen molar-refractivity contribution in [2.45, 2.75) is 19.3 Å². The van der Waals surface area contributed by atoms with Gasteiger partial charge in [0.2, 0.25) is 0 Å². The van der Waals surface area contributed by atoms with E-state index in [1.165, 1.54) is 11.3 Å². The van der Waals surface area contributed by atoms with E-state index in [4.69, 9.17) is 0 Å². The molecule has 1 amide bonds. The normalized spacial score (nSPS) is 12.9. The van der Waals surface area contributed by atoms with E-state index in [1.54, 1.807) is 0 Å². The number of thioether (sulfide) groups is 1. The summed E-state index contributed by atoms with van der Waals surface area (Å²) in [5.41, 5.74) is 3.18. The SMILES string of the molecule is CSCCCCNC(=O)c1ccc2c(c1)NCC2. The Balaban J connectivity index is 1.82. The Morgan fingerprint density at radius 3 is 3.17 bits per heavy atom. The Kier molecular flexibility index (Phi) is 4.93. The number of hydrogen-bond donors (Lipinski definition) is 2. The highest BCUT2D eigenvalue weighted by Gasteiger charge is 2.12. The van der Waals surface area contributed by atoms with Gasteiger partial charge in [-0.2, -0.15) is 11.8 Å². The largest absolute Gasteiger partial charge is 0.384 e. The molecule has 4 heteroatoms. The molecule has 18 heavy (non-hydrogen) atoms. The molecule has 0 spiro atoms. The van der Waals surface area contributed by atoms with Crippen LogP contribution in [-0.2, 0) is 6.42 Å². The number of amides is 1. The van der Waals surface area contributed by atoms with Crippen LogP contribution in [0.25, 0.3) is 0 Å². The zero-order chi connectivity index (χ0) is 12.8. The molecule has 1 aromatic rings. The summed E-state index contributed by atoms with van der Waals surface area (Å²) in [6, 6.07) is 5.93. The molecule has 0 saturated carbocycles. The lowest BCUT2D eigenvalue weighted by Gasteiger charge is -2.07. The molecule has 1 aliphatic heterocycles. The van der Waals surface area contributed by atoms with Crippen molar-refractivity contribution in [1.29, 1.82) is 0 Å². The van der Waals surface area contributed by atoms with Crippen LogP contribution in [-0.4, -0.2) is 31.0 Å². The lowest BCUT2D eigenvalue weighted by molar-refractivity contribution is 0.0953. The second kappa shape index (κ2) is 6.69. The van der Waals surface area contributed by atoms with Gasteiger partial charge in [0.1, 0.15) is 0 Å². The van der Waals surface area contributed by atoms with E-state index < -0.39 is 0 Å². The van der Waals surface area contributed by atoms with Crippen LogP contribution in [0.2, 0.25) is 0 Å². The molecule has 1 aliphatic rings.